The van der Waals surface area contributed by atoms with Crippen molar-refractivity contribution in [3.63, 3.8) is 0 Å². The average molecular weight is 283 g/mol. The fourth-order valence-corrected chi connectivity index (χ4v) is 2.06. The predicted octanol–water partition coefficient (Wildman–Crippen LogP) is 3.18. The molecule has 0 unspecified atom stereocenters. The minimum Gasteiger partial charge on any atom is -0.481 e. The normalized spacial score (nSPS) is 10.2. The summed E-state index contributed by atoms with van der Waals surface area (Å²) < 4.78 is 0. The molecule has 0 saturated heterocycles. The molecule has 0 saturated carbocycles. The number of hydrogen-bond donors (Lipinski definition) is 2. The largest absolute Gasteiger partial charge is 0.481 e. The quantitative estimate of drug-likeness (QED) is 0.905. The number of hydrogen-bond acceptors (Lipinski definition) is 2. The van der Waals surface area contributed by atoms with Crippen LogP contribution < -0.4 is 5.32 Å². The third kappa shape index (κ3) is 3.92. The standard InChI is InChI=1S/C17H17NO3/c1-11-3-4-12(2)15(9-11)17(21)18-14-7-5-13(6-8-14)10-16(19)20/h3-9H,10H2,1-2H3,(H,18,21)(H,19,20). The molecule has 2 aromatic carbocycles. The number of anilines is 1. The maximum atomic E-state index is 12.2. The van der Waals surface area contributed by atoms with Gasteiger partial charge in [0.25, 0.3) is 5.91 Å². The molecule has 2 aromatic rings. The molecule has 0 heterocycles. The zero-order valence-electron chi connectivity index (χ0n) is 12.0. The molecule has 0 aliphatic carbocycles. The highest BCUT2D eigenvalue weighted by atomic mass is 16.4. The van der Waals surface area contributed by atoms with Crippen LogP contribution in [0.2, 0.25) is 0 Å². The molecule has 0 fully saturated rings. The molecule has 0 radical (unpaired) electrons. The summed E-state index contributed by atoms with van der Waals surface area (Å²) in [5.74, 6) is -1.04. The van der Waals surface area contributed by atoms with E-state index in [1.54, 1.807) is 24.3 Å². The monoisotopic (exact) mass is 283 g/mol. The van der Waals surface area contributed by atoms with Crippen LogP contribution in [0.3, 0.4) is 0 Å². The van der Waals surface area contributed by atoms with E-state index < -0.39 is 5.97 Å². The highest BCUT2D eigenvalue weighted by molar-refractivity contribution is 6.05. The summed E-state index contributed by atoms with van der Waals surface area (Å²) >= 11 is 0. The molecule has 0 bridgehead atoms. The molecule has 0 aliphatic heterocycles. The second kappa shape index (κ2) is 6.22. The zero-order chi connectivity index (χ0) is 15.4. The summed E-state index contributed by atoms with van der Waals surface area (Å²) in [5.41, 5.74) is 3.94. The SMILES string of the molecule is Cc1ccc(C)c(C(=O)Nc2ccc(CC(=O)O)cc2)c1. The van der Waals surface area contributed by atoms with Crippen LogP contribution >= 0.6 is 0 Å². The molecule has 108 valence electrons. The number of nitrogens with one attached hydrogen (secondary N) is 1. The van der Waals surface area contributed by atoms with Crippen molar-refractivity contribution < 1.29 is 14.7 Å². The van der Waals surface area contributed by atoms with Gasteiger partial charge in [0.05, 0.1) is 6.42 Å². The van der Waals surface area contributed by atoms with Crippen LogP contribution in [0.25, 0.3) is 0 Å². The van der Waals surface area contributed by atoms with Crippen molar-refractivity contribution in [2.75, 3.05) is 5.32 Å². The Kier molecular flexibility index (Phi) is 4.38. The predicted molar refractivity (Wildman–Crippen MR) is 81.7 cm³/mol. The van der Waals surface area contributed by atoms with E-state index in [0.717, 1.165) is 11.1 Å². The molecule has 1 amide bonds. The lowest BCUT2D eigenvalue weighted by molar-refractivity contribution is -0.136. The molecular weight excluding hydrogens is 266 g/mol. The Hall–Kier alpha value is -2.62. The van der Waals surface area contributed by atoms with Gasteiger partial charge in [-0.3, -0.25) is 9.59 Å². The third-order valence-corrected chi connectivity index (χ3v) is 3.20. The van der Waals surface area contributed by atoms with Crippen molar-refractivity contribution in [1.82, 2.24) is 0 Å². The van der Waals surface area contributed by atoms with E-state index in [9.17, 15) is 9.59 Å². The average Bonchev–Trinajstić information content (AvgIpc) is 2.43. The van der Waals surface area contributed by atoms with Gasteiger partial charge in [0, 0.05) is 11.3 Å². The van der Waals surface area contributed by atoms with Gasteiger partial charge >= 0.3 is 5.97 Å². The lowest BCUT2D eigenvalue weighted by atomic mass is 10.0. The first-order chi connectivity index (χ1) is 9.95. The summed E-state index contributed by atoms with van der Waals surface area (Å²) in [6, 6.07) is 12.6. The van der Waals surface area contributed by atoms with Gasteiger partial charge < -0.3 is 10.4 Å². The Morgan fingerprint density at radius 1 is 1.05 bits per heavy atom. The van der Waals surface area contributed by atoms with Gasteiger partial charge in [-0.05, 0) is 43.2 Å². The number of carbonyl (C=O) groups is 2. The Morgan fingerprint density at radius 3 is 2.33 bits per heavy atom. The highest BCUT2D eigenvalue weighted by Crippen LogP contribution is 2.15. The number of carbonyl (C=O) groups excluding carboxylic acids is 1. The molecule has 4 heteroatoms. The van der Waals surface area contributed by atoms with E-state index in [1.807, 2.05) is 32.0 Å². The van der Waals surface area contributed by atoms with Crippen molar-refractivity contribution in [1.29, 1.82) is 0 Å². The zero-order valence-corrected chi connectivity index (χ0v) is 12.0. The number of carboxylic acid groups (broad SMARTS) is 1. The van der Waals surface area contributed by atoms with Crippen molar-refractivity contribution in [2.24, 2.45) is 0 Å². The van der Waals surface area contributed by atoms with Crippen LogP contribution in [0.1, 0.15) is 27.0 Å². The Morgan fingerprint density at radius 2 is 1.71 bits per heavy atom. The van der Waals surface area contributed by atoms with Gasteiger partial charge in [-0.15, -0.1) is 0 Å². The lowest BCUT2D eigenvalue weighted by Crippen LogP contribution is -2.13. The Balaban J connectivity index is 2.12. The van der Waals surface area contributed by atoms with Crippen LogP contribution in [0.15, 0.2) is 42.5 Å². The third-order valence-electron chi connectivity index (χ3n) is 3.20. The van der Waals surface area contributed by atoms with E-state index >= 15 is 0 Å². The van der Waals surface area contributed by atoms with Crippen LogP contribution in [-0.2, 0) is 11.2 Å². The topological polar surface area (TPSA) is 66.4 Å². The number of aryl methyl sites for hydroxylation is 2. The van der Waals surface area contributed by atoms with Crippen LogP contribution in [0.5, 0.6) is 0 Å². The second-order valence-electron chi connectivity index (χ2n) is 5.04. The van der Waals surface area contributed by atoms with E-state index in [2.05, 4.69) is 5.32 Å². The van der Waals surface area contributed by atoms with Gasteiger partial charge in [0.15, 0.2) is 0 Å². The number of carboxylic acids is 1. The minimum absolute atomic E-state index is 0.0226. The Bertz CT molecular complexity index is 675. The fraction of sp³-hybridized carbons (Fsp3) is 0.176. The van der Waals surface area contributed by atoms with Crippen LogP contribution in [0.4, 0.5) is 5.69 Å². The van der Waals surface area contributed by atoms with E-state index in [0.29, 0.717) is 16.8 Å². The first-order valence-electron chi connectivity index (χ1n) is 6.65. The number of amides is 1. The molecule has 2 rings (SSSR count). The van der Waals surface area contributed by atoms with Crippen molar-refractivity contribution >= 4 is 17.6 Å². The molecule has 0 aliphatic rings. The Labute approximate surface area is 123 Å². The number of benzene rings is 2. The van der Waals surface area contributed by atoms with Gasteiger partial charge in [0.1, 0.15) is 0 Å². The van der Waals surface area contributed by atoms with E-state index in [4.69, 9.17) is 5.11 Å². The van der Waals surface area contributed by atoms with E-state index in [-0.39, 0.29) is 12.3 Å². The molecule has 0 aromatic heterocycles. The van der Waals surface area contributed by atoms with Crippen LogP contribution in [-0.4, -0.2) is 17.0 Å². The maximum absolute atomic E-state index is 12.2. The van der Waals surface area contributed by atoms with Gasteiger partial charge in [0.2, 0.25) is 0 Å². The summed E-state index contributed by atoms with van der Waals surface area (Å²) in [6.45, 7) is 3.83. The van der Waals surface area contributed by atoms with Crippen molar-refractivity contribution in [3.8, 4) is 0 Å². The van der Waals surface area contributed by atoms with Gasteiger partial charge in [-0.1, -0.05) is 29.8 Å². The van der Waals surface area contributed by atoms with Gasteiger partial charge in [-0.2, -0.15) is 0 Å². The molecule has 0 atom stereocenters. The van der Waals surface area contributed by atoms with E-state index in [1.165, 1.54) is 0 Å². The maximum Gasteiger partial charge on any atom is 0.307 e. The summed E-state index contributed by atoms with van der Waals surface area (Å²) in [7, 11) is 0. The number of aliphatic carboxylic acids is 1. The lowest BCUT2D eigenvalue weighted by Gasteiger charge is -2.09. The molecule has 2 N–H and O–H groups in total. The van der Waals surface area contributed by atoms with Crippen LogP contribution in [0, 0.1) is 13.8 Å². The van der Waals surface area contributed by atoms with Crippen molar-refractivity contribution in [3.05, 3.63) is 64.7 Å². The highest BCUT2D eigenvalue weighted by Gasteiger charge is 2.09. The smallest absolute Gasteiger partial charge is 0.307 e. The molecule has 0 spiro atoms. The van der Waals surface area contributed by atoms with Crippen molar-refractivity contribution in [2.45, 2.75) is 20.3 Å². The summed E-state index contributed by atoms with van der Waals surface area (Å²) in [5, 5.41) is 11.5. The summed E-state index contributed by atoms with van der Waals surface area (Å²) in [4.78, 5) is 22.9. The second-order valence-corrected chi connectivity index (χ2v) is 5.04. The first-order valence-corrected chi connectivity index (χ1v) is 6.65. The first kappa shape index (κ1) is 14.8. The number of rotatable bonds is 4. The molecular formula is C17H17NO3. The fourth-order valence-electron chi connectivity index (χ4n) is 2.06. The molecule has 4 nitrogen and oxygen atoms in total. The van der Waals surface area contributed by atoms with Gasteiger partial charge in [-0.25, -0.2) is 0 Å². The molecule has 21 heavy (non-hydrogen) atoms. The minimum atomic E-state index is -0.873. The summed E-state index contributed by atoms with van der Waals surface area (Å²) in [6.07, 6.45) is -0.0226.